The van der Waals surface area contributed by atoms with Crippen molar-refractivity contribution < 1.29 is 9.47 Å². The smallest absolute Gasteiger partial charge is 0.123 e. The first kappa shape index (κ1) is 15.3. The first-order valence-corrected chi connectivity index (χ1v) is 7.27. The van der Waals surface area contributed by atoms with E-state index in [0.29, 0.717) is 6.04 Å². The van der Waals surface area contributed by atoms with Crippen molar-refractivity contribution in [2.45, 2.75) is 39.0 Å². The first-order chi connectivity index (χ1) is 9.51. The highest BCUT2D eigenvalue weighted by Crippen LogP contribution is 2.26. The molecule has 4 nitrogen and oxygen atoms in total. The fourth-order valence-electron chi connectivity index (χ4n) is 2.72. The molecular weight excluding hydrogens is 252 g/mol. The van der Waals surface area contributed by atoms with Gasteiger partial charge in [0.05, 0.1) is 19.8 Å². The van der Waals surface area contributed by atoms with E-state index >= 15 is 0 Å². The van der Waals surface area contributed by atoms with E-state index in [1.165, 1.54) is 5.56 Å². The predicted octanol–water partition coefficient (Wildman–Crippen LogP) is 2.11. The summed E-state index contributed by atoms with van der Waals surface area (Å²) in [4.78, 5) is 2.40. The lowest BCUT2D eigenvalue weighted by atomic mass is 10.0. The number of methoxy groups -OCH3 is 1. The third-order valence-corrected chi connectivity index (χ3v) is 3.95. The Kier molecular flexibility index (Phi) is 5.02. The van der Waals surface area contributed by atoms with Crippen molar-refractivity contribution in [2.75, 3.05) is 26.8 Å². The summed E-state index contributed by atoms with van der Waals surface area (Å²) < 4.78 is 11.1. The standard InChI is InChI=1S/C16H26N2O2/c1-11-5-6-16(19-4)14(7-11)15(17)9-18-8-13(3)20-10-12(18)2/h5-7,12-13,15H,8-10,17H2,1-4H3. The van der Waals surface area contributed by atoms with Crippen LogP contribution in [0.5, 0.6) is 5.75 Å². The molecule has 4 heteroatoms. The SMILES string of the molecule is COc1ccc(C)cc1C(N)CN1CC(C)OCC1C. The van der Waals surface area contributed by atoms with E-state index < -0.39 is 0 Å². The Hall–Kier alpha value is -1.10. The summed E-state index contributed by atoms with van der Waals surface area (Å²) in [7, 11) is 1.69. The van der Waals surface area contributed by atoms with Crippen molar-refractivity contribution in [3.8, 4) is 5.75 Å². The maximum atomic E-state index is 6.42. The van der Waals surface area contributed by atoms with E-state index in [1.807, 2.05) is 6.07 Å². The van der Waals surface area contributed by atoms with Gasteiger partial charge in [-0.2, -0.15) is 0 Å². The maximum absolute atomic E-state index is 6.42. The second-order valence-corrected chi connectivity index (χ2v) is 5.80. The highest BCUT2D eigenvalue weighted by molar-refractivity contribution is 5.39. The summed E-state index contributed by atoms with van der Waals surface area (Å²) in [5.74, 6) is 0.872. The Balaban J connectivity index is 2.11. The van der Waals surface area contributed by atoms with Gasteiger partial charge in [0.1, 0.15) is 5.75 Å². The van der Waals surface area contributed by atoms with Crippen LogP contribution in [0.2, 0.25) is 0 Å². The molecule has 2 rings (SSSR count). The molecule has 0 radical (unpaired) electrons. The van der Waals surface area contributed by atoms with Crippen LogP contribution < -0.4 is 10.5 Å². The van der Waals surface area contributed by atoms with Gasteiger partial charge < -0.3 is 15.2 Å². The number of hydrogen-bond donors (Lipinski definition) is 1. The van der Waals surface area contributed by atoms with Crippen molar-refractivity contribution in [3.63, 3.8) is 0 Å². The monoisotopic (exact) mass is 278 g/mol. The number of ether oxygens (including phenoxy) is 2. The zero-order chi connectivity index (χ0) is 14.7. The van der Waals surface area contributed by atoms with Gasteiger partial charge in [0, 0.05) is 30.7 Å². The molecule has 1 fully saturated rings. The van der Waals surface area contributed by atoms with Crippen LogP contribution in [0.4, 0.5) is 0 Å². The van der Waals surface area contributed by atoms with Crippen LogP contribution in [-0.2, 0) is 4.74 Å². The summed E-state index contributed by atoms with van der Waals surface area (Å²) in [6, 6.07) is 6.54. The molecular formula is C16H26N2O2. The largest absolute Gasteiger partial charge is 0.496 e. The second-order valence-electron chi connectivity index (χ2n) is 5.80. The summed E-state index contributed by atoms with van der Waals surface area (Å²) in [6.45, 7) is 8.91. The van der Waals surface area contributed by atoms with Crippen LogP contribution in [-0.4, -0.2) is 43.9 Å². The molecule has 2 N–H and O–H groups in total. The summed E-state index contributed by atoms with van der Waals surface area (Å²) >= 11 is 0. The van der Waals surface area contributed by atoms with Crippen LogP contribution in [0.3, 0.4) is 0 Å². The predicted molar refractivity (Wildman–Crippen MR) is 81.1 cm³/mol. The topological polar surface area (TPSA) is 47.7 Å². The van der Waals surface area contributed by atoms with Gasteiger partial charge in [0.15, 0.2) is 0 Å². The molecule has 0 amide bonds. The molecule has 0 bridgehead atoms. The highest BCUT2D eigenvalue weighted by atomic mass is 16.5. The highest BCUT2D eigenvalue weighted by Gasteiger charge is 2.26. The molecule has 1 aliphatic rings. The molecule has 1 aromatic carbocycles. The third-order valence-electron chi connectivity index (χ3n) is 3.95. The Bertz CT molecular complexity index is 450. The molecule has 0 saturated carbocycles. The molecule has 0 spiro atoms. The molecule has 1 heterocycles. The van der Waals surface area contributed by atoms with Crippen molar-refractivity contribution in [1.29, 1.82) is 0 Å². The summed E-state index contributed by atoms with van der Waals surface area (Å²) in [5.41, 5.74) is 8.71. The van der Waals surface area contributed by atoms with Crippen LogP contribution in [0, 0.1) is 6.92 Å². The van der Waals surface area contributed by atoms with Gasteiger partial charge in [-0.25, -0.2) is 0 Å². The summed E-state index contributed by atoms with van der Waals surface area (Å²) in [6.07, 6.45) is 0.276. The van der Waals surface area contributed by atoms with Gasteiger partial charge in [0.2, 0.25) is 0 Å². The molecule has 1 aromatic rings. The van der Waals surface area contributed by atoms with Crippen LogP contribution in [0.25, 0.3) is 0 Å². The summed E-state index contributed by atoms with van der Waals surface area (Å²) in [5, 5.41) is 0. The van der Waals surface area contributed by atoms with Gasteiger partial charge in [0.25, 0.3) is 0 Å². The number of hydrogen-bond acceptors (Lipinski definition) is 4. The molecule has 0 aromatic heterocycles. The minimum atomic E-state index is -0.0439. The zero-order valence-electron chi connectivity index (χ0n) is 12.9. The lowest BCUT2D eigenvalue weighted by Crippen LogP contribution is -2.49. The lowest BCUT2D eigenvalue weighted by molar-refractivity contribution is -0.0510. The van der Waals surface area contributed by atoms with E-state index in [1.54, 1.807) is 7.11 Å². The Morgan fingerprint density at radius 2 is 2.20 bits per heavy atom. The van der Waals surface area contributed by atoms with E-state index in [4.69, 9.17) is 15.2 Å². The second kappa shape index (κ2) is 6.57. The van der Waals surface area contributed by atoms with Gasteiger partial charge in [-0.3, -0.25) is 4.90 Å². The molecule has 3 atom stereocenters. The first-order valence-electron chi connectivity index (χ1n) is 7.27. The molecule has 1 aliphatic heterocycles. The fraction of sp³-hybridized carbons (Fsp3) is 0.625. The van der Waals surface area contributed by atoms with Crippen molar-refractivity contribution in [3.05, 3.63) is 29.3 Å². The van der Waals surface area contributed by atoms with Crippen molar-refractivity contribution in [2.24, 2.45) is 5.73 Å². The normalized spacial score (nSPS) is 25.4. The molecule has 3 unspecified atom stereocenters. The number of morpholine rings is 1. The van der Waals surface area contributed by atoms with Crippen LogP contribution in [0.1, 0.15) is 31.0 Å². The van der Waals surface area contributed by atoms with Crippen LogP contribution >= 0.6 is 0 Å². The number of nitrogens with two attached hydrogens (primary N) is 1. The van der Waals surface area contributed by atoms with Crippen molar-refractivity contribution in [1.82, 2.24) is 4.90 Å². The molecule has 0 aliphatic carbocycles. The number of aryl methyl sites for hydroxylation is 1. The van der Waals surface area contributed by atoms with Gasteiger partial charge >= 0.3 is 0 Å². The molecule has 20 heavy (non-hydrogen) atoms. The van der Waals surface area contributed by atoms with E-state index in [-0.39, 0.29) is 12.1 Å². The minimum Gasteiger partial charge on any atom is -0.496 e. The average molecular weight is 278 g/mol. The van der Waals surface area contributed by atoms with E-state index in [2.05, 4.69) is 37.8 Å². The Morgan fingerprint density at radius 3 is 2.90 bits per heavy atom. The van der Waals surface area contributed by atoms with E-state index in [9.17, 15) is 0 Å². The number of rotatable bonds is 4. The van der Waals surface area contributed by atoms with Gasteiger partial charge in [-0.05, 0) is 26.8 Å². The molecule has 1 saturated heterocycles. The zero-order valence-corrected chi connectivity index (χ0v) is 12.9. The number of benzene rings is 1. The van der Waals surface area contributed by atoms with Gasteiger partial charge in [-0.1, -0.05) is 17.7 Å². The molecule has 112 valence electrons. The van der Waals surface area contributed by atoms with Gasteiger partial charge in [-0.15, -0.1) is 0 Å². The third kappa shape index (κ3) is 3.51. The maximum Gasteiger partial charge on any atom is 0.123 e. The van der Waals surface area contributed by atoms with Crippen molar-refractivity contribution >= 4 is 0 Å². The lowest BCUT2D eigenvalue weighted by Gasteiger charge is -2.38. The Morgan fingerprint density at radius 1 is 1.45 bits per heavy atom. The fourth-order valence-corrected chi connectivity index (χ4v) is 2.72. The quantitative estimate of drug-likeness (QED) is 0.916. The van der Waals surface area contributed by atoms with Crippen LogP contribution in [0.15, 0.2) is 18.2 Å². The number of nitrogens with zero attached hydrogens (tertiary/aromatic N) is 1. The Labute approximate surface area is 121 Å². The average Bonchev–Trinajstić information content (AvgIpc) is 2.42. The minimum absolute atomic E-state index is 0.0439. The van der Waals surface area contributed by atoms with E-state index in [0.717, 1.165) is 31.0 Å².